The second-order valence-corrected chi connectivity index (χ2v) is 5.18. The van der Waals surface area contributed by atoms with Crippen LogP contribution in [0.3, 0.4) is 0 Å². The Morgan fingerprint density at radius 1 is 1.23 bits per heavy atom. The van der Waals surface area contributed by atoms with Crippen molar-refractivity contribution in [2.24, 2.45) is 5.92 Å². The highest BCUT2D eigenvalue weighted by Gasteiger charge is 2.26. The number of carboxylic acids is 1. The molecule has 0 saturated heterocycles. The van der Waals surface area contributed by atoms with E-state index < -0.39 is 17.9 Å². The van der Waals surface area contributed by atoms with E-state index in [2.05, 4.69) is 5.32 Å². The number of hydrogen-bond acceptors (Lipinski definition) is 4. The summed E-state index contributed by atoms with van der Waals surface area (Å²) in [4.78, 5) is 23.6. The minimum Gasteiger partial charge on any atom is -0.496 e. The SMILES string of the molecule is CCC(C)C(NC(=O)c1cc(OC)c(C)c(OC)c1)C(=O)O. The summed E-state index contributed by atoms with van der Waals surface area (Å²) in [7, 11) is 3.01. The van der Waals surface area contributed by atoms with Gasteiger partial charge < -0.3 is 19.9 Å². The molecule has 0 aromatic heterocycles. The van der Waals surface area contributed by atoms with Gasteiger partial charge in [-0.3, -0.25) is 4.79 Å². The molecule has 0 heterocycles. The van der Waals surface area contributed by atoms with Crippen molar-refractivity contribution in [3.8, 4) is 11.5 Å². The molecule has 0 aliphatic heterocycles. The summed E-state index contributed by atoms with van der Waals surface area (Å²) in [5, 5.41) is 11.8. The van der Waals surface area contributed by atoms with Gasteiger partial charge in [-0.1, -0.05) is 20.3 Å². The lowest BCUT2D eigenvalue weighted by Gasteiger charge is -2.20. The van der Waals surface area contributed by atoms with Crippen LogP contribution in [0, 0.1) is 12.8 Å². The first kappa shape index (κ1) is 17.8. The Bertz CT molecular complexity index is 530. The van der Waals surface area contributed by atoms with Crippen LogP contribution >= 0.6 is 0 Å². The van der Waals surface area contributed by atoms with Crippen LogP contribution in [0.1, 0.15) is 36.2 Å². The molecular weight excluding hydrogens is 286 g/mol. The summed E-state index contributed by atoms with van der Waals surface area (Å²) in [6.07, 6.45) is 0.651. The maximum absolute atomic E-state index is 12.3. The number of amides is 1. The highest BCUT2D eigenvalue weighted by Crippen LogP contribution is 2.29. The van der Waals surface area contributed by atoms with E-state index in [0.29, 0.717) is 23.5 Å². The van der Waals surface area contributed by atoms with E-state index >= 15 is 0 Å². The van der Waals surface area contributed by atoms with E-state index in [1.165, 1.54) is 14.2 Å². The predicted molar refractivity (Wildman–Crippen MR) is 82.6 cm³/mol. The third-order valence-corrected chi connectivity index (χ3v) is 3.78. The summed E-state index contributed by atoms with van der Waals surface area (Å²) < 4.78 is 10.4. The van der Waals surface area contributed by atoms with Crippen molar-refractivity contribution in [1.29, 1.82) is 0 Å². The zero-order valence-corrected chi connectivity index (χ0v) is 13.6. The number of benzene rings is 1. The fourth-order valence-electron chi connectivity index (χ4n) is 2.12. The summed E-state index contributed by atoms with van der Waals surface area (Å²) >= 11 is 0. The number of carbonyl (C=O) groups is 2. The van der Waals surface area contributed by atoms with E-state index in [-0.39, 0.29) is 5.92 Å². The van der Waals surface area contributed by atoms with Crippen LogP contribution in [0.4, 0.5) is 0 Å². The lowest BCUT2D eigenvalue weighted by atomic mass is 9.98. The van der Waals surface area contributed by atoms with Gasteiger partial charge in [0.15, 0.2) is 0 Å². The average molecular weight is 309 g/mol. The molecule has 1 rings (SSSR count). The third-order valence-electron chi connectivity index (χ3n) is 3.78. The topological polar surface area (TPSA) is 84.9 Å². The fourth-order valence-corrected chi connectivity index (χ4v) is 2.12. The van der Waals surface area contributed by atoms with Crippen molar-refractivity contribution in [1.82, 2.24) is 5.32 Å². The van der Waals surface area contributed by atoms with Gasteiger partial charge in [0.1, 0.15) is 17.5 Å². The maximum Gasteiger partial charge on any atom is 0.326 e. The molecule has 0 aliphatic rings. The lowest BCUT2D eigenvalue weighted by molar-refractivity contribution is -0.140. The Labute approximate surface area is 130 Å². The number of methoxy groups -OCH3 is 2. The van der Waals surface area contributed by atoms with Crippen LogP contribution in [0.2, 0.25) is 0 Å². The Hall–Kier alpha value is -2.24. The average Bonchev–Trinajstić information content (AvgIpc) is 2.51. The first-order chi connectivity index (χ1) is 10.3. The molecule has 0 fully saturated rings. The molecule has 0 aliphatic carbocycles. The maximum atomic E-state index is 12.3. The van der Waals surface area contributed by atoms with Crippen LogP contribution in [-0.4, -0.2) is 37.2 Å². The van der Waals surface area contributed by atoms with Gasteiger partial charge >= 0.3 is 5.97 Å². The Morgan fingerprint density at radius 3 is 2.09 bits per heavy atom. The van der Waals surface area contributed by atoms with Crippen molar-refractivity contribution in [3.63, 3.8) is 0 Å². The van der Waals surface area contributed by atoms with E-state index in [0.717, 1.165) is 5.56 Å². The Morgan fingerprint density at radius 2 is 1.73 bits per heavy atom. The molecule has 2 unspecified atom stereocenters. The molecule has 6 nitrogen and oxygen atoms in total. The van der Waals surface area contributed by atoms with Crippen LogP contribution in [0.5, 0.6) is 11.5 Å². The largest absolute Gasteiger partial charge is 0.496 e. The fraction of sp³-hybridized carbons (Fsp3) is 0.500. The van der Waals surface area contributed by atoms with Gasteiger partial charge in [0.2, 0.25) is 0 Å². The molecule has 0 bridgehead atoms. The zero-order valence-electron chi connectivity index (χ0n) is 13.6. The summed E-state index contributed by atoms with van der Waals surface area (Å²) in [6, 6.07) is 2.21. The quantitative estimate of drug-likeness (QED) is 0.807. The molecular formula is C16H23NO5. The molecule has 0 spiro atoms. The normalized spacial score (nSPS) is 13.1. The Balaban J connectivity index is 3.09. The van der Waals surface area contributed by atoms with Crippen LogP contribution < -0.4 is 14.8 Å². The van der Waals surface area contributed by atoms with Crippen LogP contribution in [0.15, 0.2) is 12.1 Å². The van der Waals surface area contributed by atoms with Crippen molar-refractivity contribution in [3.05, 3.63) is 23.3 Å². The van der Waals surface area contributed by atoms with Gasteiger partial charge in [0.25, 0.3) is 5.91 Å². The van der Waals surface area contributed by atoms with Crippen LogP contribution in [-0.2, 0) is 4.79 Å². The van der Waals surface area contributed by atoms with E-state index in [4.69, 9.17) is 9.47 Å². The number of carbonyl (C=O) groups excluding carboxylic acids is 1. The van der Waals surface area contributed by atoms with Gasteiger partial charge in [-0.15, -0.1) is 0 Å². The van der Waals surface area contributed by atoms with Gasteiger partial charge in [-0.05, 0) is 25.0 Å². The lowest BCUT2D eigenvalue weighted by Crippen LogP contribution is -2.45. The molecule has 0 saturated carbocycles. The minimum atomic E-state index is -1.05. The van der Waals surface area contributed by atoms with Crippen molar-refractivity contribution < 1.29 is 24.2 Å². The summed E-state index contributed by atoms with van der Waals surface area (Å²) in [6.45, 7) is 5.48. The highest BCUT2D eigenvalue weighted by atomic mass is 16.5. The molecule has 6 heteroatoms. The first-order valence-electron chi connectivity index (χ1n) is 7.11. The summed E-state index contributed by atoms with van der Waals surface area (Å²) in [5.41, 5.74) is 1.08. The first-order valence-corrected chi connectivity index (χ1v) is 7.11. The molecule has 122 valence electrons. The van der Waals surface area contributed by atoms with Crippen molar-refractivity contribution >= 4 is 11.9 Å². The smallest absolute Gasteiger partial charge is 0.326 e. The second-order valence-electron chi connectivity index (χ2n) is 5.18. The highest BCUT2D eigenvalue weighted by molar-refractivity contribution is 5.97. The molecule has 22 heavy (non-hydrogen) atoms. The summed E-state index contributed by atoms with van der Waals surface area (Å²) in [5.74, 6) is -0.659. The van der Waals surface area contributed by atoms with Crippen LogP contribution in [0.25, 0.3) is 0 Å². The van der Waals surface area contributed by atoms with Crippen molar-refractivity contribution in [2.75, 3.05) is 14.2 Å². The number of hydrogen-bond donors (Lipinski definition) is 2. The monoisotopic (exact) mass is 309 g/mol. The number of rotatable bonds is 7. The number of carboxylic acid groups (broad SMARTS) is 1. The molecule has 1 aromatic rings. The molecule has 0 radical (unpaired) electrons. The molecule has 1 amide bonds. The number of aliphatic carboxylic acids is 1. The van der Waals surface area contributed by atoms with Gasteiger partial charge in [0, 0.05) is 11.1 Å². The van der Waals surface area contributed by atoms with E-state index in [1.807, 2.05) is 13.8 Å². The number of ether oxygens (including phenoxy) is 2. The Kier molecular flexibility index (Phi) is 6.22. The van der Waals surface area contributed by atoms with Crippen molar-refractivity contribution in [2.45, 2.75) is 33.2 Å². The van der Waals surface area contributed by atoms with E-state index in [9.17, 15) is 14.7 Å². The standard InChI is InChI=1S/C16H23NO5/c1-6-9(2)14(16(19)20)17-15(18)11-7-12(21-4)10(3)13(8-11)22-5/h7-9,14H,6H2,1-5H3,(H,17,18)(H,19,20). The van der Waals surface area contributed by atoms with Gasteiger partial charge in [-0.2, -0.15) is 0 Å². The minimum absolute atomic E-state index is 0.171. The van der Waals surface area contributed by atoms with E-state index in [1.54, 1.807) is 19.1 Å². The third kappa shape index (κ3) is 3.90. The second kappa shape index (κ2) is 7.68. The zero-order chi connectivity index (χ0) is 16.9. The molecule has 1 aromatic carbocycles. The number of nitrogens with one attached hydrogen (secondary N) is 1. The van der Waals surface area contributed by atoms with Gasteiger partial charge in [0.05, 0.1) is 14.2 Å². The molecule has 2 N–H and O–H groups in total. The molecule has 2 atom stereocenters. The van der Waals surface area contributed by atoms with Gasteiger partial charge in [-0.25, -0.2) is 4.79 Å². The predicted octanol–water partition coefficient (Wildman–Crippen LogP) is 2.24.